The highest BCUT2D eigenvalue weighted by molar-refractivity contribution is 5.72. The number of ether oxygens (including phenoxy) is 4. The quantitative estimate of drug-likeness (QED) is 0.0222. The van der Waals surface area contributed by atoms with Gasteiger partial charge in [0, 0.05) is 6.42 Å². The molecule has 0 radical (unpaired) electrons. The molecule has 0 aliphatic rings. The van der Waals surface area contributed by atoms with Gasteiger partial charge in [0.2, 0.25) is 0 Å². The fraction of sp³-hybridized carbons (Fsp3) is 0.521. The van der Waals surface area contributed by atoms with E-state index in [1.54, 1.807) is 6.08 Å². The topological polar surface area (TPSA) is 108 Å². The van der Waals surface area contributed by atoms with Gasteiger partial charge in [0.15, 0.2) is 6.10 Å². The van der Waals surface area contributed by atoms with E-state index in [0.29, 0.717) is 30.3 Å². The molecule has 0 aromatic carbocycles. The molecule has 2 atom stereocenters. The molecule has 0 aliphatic carbocycles. The molecule has 0 aromatic rings. The Morgan fingerprint density at radius 3 is 1.39 bits per heavy atom. The first kappa shape index (κ1) is 52.7. The minimum atomic E-state index is -1.55. The molecule has 0 saturated carbocycles. The van der Waals surface area contributed by atoms with Crippen LogP contribution in [-0.4, -0.2) is 87.4 Å². The summed E-state index contributed by atoms with van der Waals surface area (Å²) >= 11 is 0. The number of rotatable bonds is 35. The summed E-state index contributed by atoms with van der Waals surface area (Å²) in [5.74, 6) is -2.28. The van der Waals surface area contributed by atoms with E-state index < -0.39 is 30.3 Å². The minimum Gasteiger partial charge on any atom is -0.477 e. The Labute approximate surface area is 345 Å². The molecule has 9 heteroatoms. The van der Waals surface area contributed by atoms with Crippen molar-refractivity contribution in [2.45, 2.75) is 116 Å². The second-order valence-corrected chi connectivity index (χ2v) is 14.2. The molecule has 57 heavy (non-hydrogen) atoms. The van der Waals surface area contributed by atoms with Crippen LogP contribution >= 0.6 is 0 Å². The van der Waals surface area contributed by atoms with Gasteiger partial charge in [-0.05, 0) is 77.0 Å². The lowest BCUT2D eigenvalue weighted by atomic mass is 10.2. The van der Waals surface area contributed by atoms with Crippen molar-refractivity contribution in [1.82, 2.24) is 0 Å². The molecule has 0 spiro atoms. The monoisotopic (exact) mass is 793 g/mol. The molecule has 9 nitrogen and oxygen atoms in total. The van der Waals surface area contributed by atoms with Gasteiger partial charge >= 0.3 is 17.9 Å². The van der Waals surface area contributed by atoms with Gasteiger partial charge in [0.05, 0.1) is 40.8 Å². The van der Waals surface area contributed by atoms with Crippen molar-refractivity contribution in [1.29, 1.82) is 0 Å². The van der Waals surface area contributed by atoms with Crippen LogP contribution in [0.4, 0.5) is 0 Å². The molecule has 0 heterocycles. The van der Waals surface area contributed by atoms with Crippen LogP contribution < -0.4 is 0 Å². The van der Waals surface area contributed by atoms with E-state index >= 15 is 0 Å². The average molecular weight is 793 g/mol. The maximum Gasteiger partial charge on any atom is 0.361 e. The zero-order valence-corrected chi connectivity index (χ0v) is 35.7. The first-order chi connectivity index (χ1) is 27.6. The van der Waals surface area contributed by atoms with Gasteiger partial charge in [-0.15, -0.1) is 0 Å². The Morgan fingerprint density at radius 2 is 0.965 bits per heavy atom. The van der Waals surface area contributed by atoms with Crippen molar-refractivity contribution in [3.05, 3.63) is 122 Å². The Kier molecular flexibility index (Phi) is 35.6. The maximum atomic E-state index is 12.7. The molecular weight excluding hydrogens is 719 g/mol. The molecule has 0 rings (SSSR count). The fourth-order valence-electron chi connectivity index (χ4n) is 4.59. The summed E-state index contributed by atoms with van der Waals surface area (Å²) < 4.78 is 22.5. The smallest absolute Gasteiger partial charge is 0.361 e. The summed E-state index contributed by atoms with van der Waals surface area (Å²) in [6.45, 7) is 4.40. The Morgan fingerprint density at radius 1 is 0.544 bits per heavy atom. The van der Waals surface area contributed by atoms with Gasteiger partial charge in [0.1, 0.15) is 13.2 Å². The predicted octanol–water partition coefficient (Wildman–Crippen LogP) is 10.7. The van der Waals surface area contributed by atoms with Gasteiger partial charge in [-0.3, -0.25) is 9.59 Å². The molecule has 1 N–H and O–H groups in total. The number of esters is 2. The number of aliphatic carboxylic acids is 1. The van der Waals surface area contributed by atoms with Crippen LogP contribution in [0.15, 0.2) is 122 Å². The van der Waals surface area contributed by atoms with Crippen molar-refractivity contribution >= 4 is 17.9 Å². The van der Waals surface area contributed by atoms with Gasteiger partial charge in [-0.25, -0.2) is 4.79 Å². The Balaban J connectivity index is 4.76. The molecule has 0 aliphatic heterocycles. The lowest BCUT2D eigenvalue weighted by Crippen LogP contribution is -2.40. The zero-order valence-electron chi connectivity index (χ0n) is 35.7. The first-order valence-corrected chi connectivity index (χ1v) is 20.7. The van der Waals surface area contributed by atoms with Crippen LogP contribution in [0.2, 0.25) is 0 Å². The summed E-state index contributed by atoms with van der Waals surface area (Å²) in [4.78, 5) is 36.9. The highest BCUT2D eigenvalue weighted by Crippen LogP contribution is 2.08. The maximum absolute atomic E-state index is 12.7. The van der Waals surface area contributed by atoms with Crippen molar-refractivity contribution in [3.63, 3.8) is 0 Å². The normalized spacial score (nSPS) is 14.2. The standard InChI is InChI=1S/C48H73NO8/c1-6-8-10-12-14-16-18-20-22-23-25-27-29-31-33-35-37-39-46(51)57-44(43-56-48(47(52)53)54-41-40-49(3,4)5)42-55-45(50)38-36-34-32-30-28-26-24-21-19-17-15-13-11-9-7-2/h8-11,14-17,20-22,24-25,27-28,30-31,33-34,36,44,48H,6-7,12-13,18-19,23,26,29,32,35,37-43H2,1-5H3/p+1/b10-8-,11-9-,16-14-,17-15-,22-20-,24-21-,27-25-,30-28-,33-31-,36-34-. The first-order valence-electron chi connectivity index (χ1n) is 20.7. The Hall–Kier alpha value is -4.31. The second kappa shape index (κ2) is 38.6. The van der Waals surface area contributed by atoms with Crippen molar-refractivity contribution in [2.24, 2.45) is 0 Å². The number of carbonyl (C=O) groups excluding carboxylic acids is 2. The Bertz CT molecular complexity index is 1340. The third kappa shape index (κ3) is 39.7. The number of carboxylic acid groups (broad SMARTS) is 1. The predicted molar refractivity (Wildman–Crippen MR) is 234 cm³/mol. The third-order valence-corrected chi connectivity index (χ3v) is 7.75. The fourth-order valence-corrected chi connectivity index (χ4v) is 4.59. The van der Waals surface area contributed by atoms with E-state index in [0.717, 1.165) is 57.8 Å². The molecular formula is C48H74NO8+. The van der Waals surface area contributed by atoms with E-state index in [2.05, 4.69) is 111 Å². The number of nitrogens with zero attached hydrogens (tertiary/aromatic N) is 1. The third-order valence-electron chi connectivity index (χ3n) is 7.75. The summed E-state index contributed by atoms with van der Waals surface area (Å²) in [7, 11) is 5.89. The number of unbranched alkanes of at least 4 members (excludes halogenated alkanes) is 1. The summed E-state index contributed by atoms with van der Waals surface area (Å²) in [5, 5.41) is 9.61. The van der Waals surface area contributed by atoms with E-state index in [-0.39, 0.29) is 32.7 Å². The highest BCUT2D eigenvalue weighted by atomic mass is 16.7. The van der Waals surface area contributed by atoms with Crippen LogP contribution in [0.3, 0.4) is 0 Å². The zero-order chi connectivity index (χ0) is 42.1. The van der Waals surface area contributed by atoms with E-state index in [1.807, 2.05) is 39.4 Å². The number of allylic oxidation sites excluding steroid dienone is 19. The van der Waals surface area contributed by atoms with Crippen LogP contribution in [-0.2, 0) is 33.3 Å². The van der Waals surface area contributed by atoms with E-state index in [4.69, 9.17) is 18.9 Å². The average Bonchev–Trinajstić information content (AvgIpc) is 3.17. The molecule has 0 amide bonds. The number of hydrogen-bond acceptors (Lipinski definition) is 7. The number of quaternary nitrogens is 1. The molecule has 318 valence electrons. The van der Waals surface area contributed by atoms with Gasteiger partial charge in [-0.2, -0.15) is 0 Å². The number of carbonyl (C=O) groups is 3. The highest BCUT2D eigenvalue weighted by Gasteiger charge is 2.24. The molecule has 0 bridgehead atoms. The van der Waals surface area contributed by atoms with Crippen molar-refractivity contribution < 1.29 is 42.9 Å². The minimum absolute atomic E-state index is 0.0498. The molecule has 0 aromatic heterocycles. The summed E-state index contributed by atoms with van der Waals surface area (Å²) in [6, 6.07) is 0. The number of hydrogen-bond donors (Lipinski definition) is 1. The van der Waals surface area contributed by atoms with Crippen molar-refractivity contribution in [2.75, 3.05) is 47.5 Å². The van der Waals surface area contributed by atoms with Crippen LogP contribution in [0, 0.1) is 0 Å². The summed E-state index contributed by atoms with van der Waals surface area (Å²) in [6.07, 6.45) is 50.1. The van der Waals surface area contributed by atoms with Crippen LogP contribution in [0.25, 0.3) is 0 Å². The van der Waals surface area contributed by atoms with Crippen molar-refractivity contribution in [3.8, 4) is 0 Å². The van der Waals surface area contributed by atoms with Gasteiger partial charge < -0.3 is 28.5 Å². The lowest BCUT2D eigenvalue weighted by Gasteiger charge is -2.25. The van der Waals surface area contributed by atoms with E-state index in [9.17, 15) is 19.5 Å². The molecule has 0 fully saturated rings. The molecule has 0 saturated heterocycles. The van der Waals surface area contributed by atoms with E-state index in [1.165, 1.54) is 0 Å². The largest absolute Gasteiger partial charge is 0.477 e. The number of carboxylic acids is 1. The van der Waals surface area contributed by atoms with Crippen LogP contribution in [0.1, 0.15) is 104 Å². The SMILES string of the molecule is CC/C=C\C/C=C\C/C=C\C/C=C\C/C=C\CCCC(=O)OC(COC(=O)C/C=C\C/C=C\C/C=C\C/C=C\C/C=C\CC)COC(OCC[N+](C)(C)C)C(=O)O. The molecule has 2 unspecified atom stereocenters. The van der Waals surface area contributed by atoms with Crippen LogP contribution in [0.5, 0.6) is 0 Å². The number of likely N-dealkylation sites (N-methyl/N-ethyl adjacent to an activating group) is 1. The van der Waals surface area contributed by atoms with Gasteiger partial charge in [-0.1, -0.05) is 135 Å². The summed E-state index contributed by atoms with van der Waals surface area (Å²) in [5.41, 5.74) is 0. The second-order valence-electron chi connectivity index (χ2n) is 14.2. The van der Waals surface area contributed by atoms with Gasteiger partial charge in [0.25, 0.3) is 6.29 Å². The lowest BCUT2D eigenvalue weighted by molar-refractivity contribution is -0.870.